The number of benzene rings is 1. The van der Waals surface area contributed by atoms with Gasteiger partial charge in [0.05, 0.1) is 19.6 Å². The van der Waals surface area contributed by atoms with Crippen molar-refractivity contribution in [2.45, 2.75) is 13.3 Å². The molecule has 0 saturated heterocycles. The van der Waals surface area contributed by atoms with Gasteiger partial charge in [-0.1, -0.05) is 0 Å². The summed E-state index contributed by atoms with van der Waals surface area (Å²) in [5.41, 5.74) is 1.12. The first-order valence-corrected chi connectivity index (χ1v) is 3.89. The summed E-state index contributed by atoms with van der Waals surface area (Å²) in [6.07, 6.45) is 0.173. The number of ether oxygens (including phenoxy) is 1. The Hall–Kier alpha value is -1.56. The Bertz CT molecular complexity index is 355. The predicted molar refractivity (Wildman–Crippen MR) is 47.0 cm³/mol. The molecule has 0 aliphatic heterocycles. The Balaban J connectivity index is 3.25. The standard InChI is InChI=1S/C10H10FNO/c1-7-8(5-6-12)10(13-2)4-3-9(7)11/h3-4H,5H2,1-2H3. The van der Waals surface area contributed by atoms with Crippen LogP contribution in [0, 0.1) is 24.1 Å². The highest BCUT2D eigenvalue weighted by molar-refractivity contribution is 5.42. The van der Waals surface area contributed by atoms with Crippen molar-refractivity contribution < 1.29 is 9.13 Å². The summed E-state index contributed by atoms with van der Waals surface area (Å²) in [5.74, 6) is 0.270. The summed E-state index contributed by atoms with van der Waals surface area (Å²) in [6.45, 7) is 1.64. The van der Waals surface area contributed by atoms with Crippen LogP contribution in [-0.4, -0.2) is 7.11 Å². The van der Waals surface area contributed by atoms with Gasteiger partial charge < -0.3 is 4.74 Å². The second-order valence-electron chi connectivity index (χ2n) is 2.69. The molecule has 2 nitrogen and oxygen atoms in total. The lowest BCUT2D eigenvalue weighted by Crippen LogP contribution is -1.96. The number of hydrogen-bond donors (Lipinski definition) is 0. The number of hydrogen-bond acceptors (Lipinski definition) is 2. The van der Waals surface area contributed by atoms with Crippen LogP contribution in [-0.2, 0) is 6.42 Å². The number of nitriles is 1. The van der Waals surface area contributed by atoms with Gasteiger partial charge in [0, 0.05) is 5.56 Å². The van der Waals surface area contributed by atoms with Gasteiger partial charge in [0.2, 0.25) is 0 Å². The van der Waals surface area contributed by atoms with Gasteiger partial charge in [0.15, 0.2) is 0 Å². The average Bonchev–Trinajstić information content (AvgIpc) is 2.14. The van der Waals surface area contributed by atoms with Crippen molar-refractivity contribution in [2.24, 2.45) is 0 Å². The van der Waals surface area contributed by atoms with E-state index in [1.165, 1.54) is 19.2 Å². The van der Waals surface area contributed by atoms with E-state index in [0.29, 0.717) is 16.9 Å². The van der Waals surface area contributed by atoms with Gasteiger partial charge in [0.1, 0.15) is 11.6 Å². The second-order valence-corrected chi connectivity index (χ2v) is 2.69. The van der Waals surface area contributed by atoms with E-state index in [4.69, 9.17) is 10.00 Å². The van der Waals surface area contributed by atoms with Crippen molar-refractivity contribution in [1.29, 1.82) is 5.26 Å². The van der Waals surface area contributed by atoms with E-state index < -0.39 is 0 Å². The van der Waals surface area contributed by atoms with Crippen LogP contribution < -0.4 is 4.74 Å². The molecule has 3 heteroatoms. The quantitative estimate of drug-likeness (QED) is 0.697. The summed E-state index contributed by atoms with van der Waals surface area (Å²) < 4.78 is 18.1. The molecule has 0 saturated carbocycles. The molecule has 68 valence electrons. The fourth-order valence-corrected chi connectivity index (χ4v) is 1.19. The number of nitrogens with zero attached hydrogens (tertiary/aromatic N) is 1. The topological polar surface area (TPSA) is 33.0 Å². The zero-order valence-corrected chi connectivity index (χ0v) is 7.60. The van der Waals surface area contributed by atoms with Crippen LogP contribution in [0.15, 0.2) is 12.1 Å². The van der Waals surface area contributed by atoms with Crippen LogP contribution in [0.2, 0.25) is 0 Å². The monoisotopic (exact) mass is 179 g/mol. The van der Waals surface area contributed by atoms with Crippen molar-refractivity contribution >= 4 is 0 Å². The Labute approximate surface area is 76.6 Å². The van der Waals surface area contributed by atoms with E-state index in [-0.39, 0.29) is 12.2 Å². The van der Waals surface area contributed by atoms with E-state index in [2.05, 4.69) is 0 Å². The molecule has 0 heterocycles. The molecule has 0 spiro atoms. The molecule has 0 N–H and O–H groups in total. The van der Waals surface area contributed by atoms with Gasteiger partial charge in [-0.2, -0.15) is 5.26 Å². The number of rotatable bonds is 2. The zero-order chi connectivity index (χ0) is 9.84. The molecule has 0 aromatic heterocycles. The molecule has 1 rings (SSSR count). The van der Waals surface area contributed by atoms with Gasteiger partial charge in [-0.15, -0.1) is 0 Å². The fraction of sp³-hybridized carbons (Fsp3) is 0.300. The van der Waals surface area contributed by atoms with Gasteiger partial charge >= 0.3 is 0 Å². The molecule has 0 atom stereocenters. The third-order valence-electron chi connectivity index (χ3n) is 1.97. The number of halogens is 1. The molecule has 13 heavy (non-hydrogen) atoms. The third kappa shape index (κ3) is 1.78. The summed E-state index contributed by atoms with van der Waals surface area (Å²) in [6, 6.07) is 4.86. The minimum atomic E-state index is -0.300. The van der Waals surface area contributed by atoms with E-state index >= 15 is 0 Å². The Morgan fingerprint density at radius 1 is 1.54 bits per heavy atom. The Morgan fingerprint density at radius 2 is 2.23 bits per heavy atom. The van der Waals surface area contributed by atoms with Crippen LogP contribution in [0.3, 0.4) is 0 Å². The highest BCUT2D eigenvalue weighted by Gasteiger charge is 2.09. The maximum atomic E-state index is 13.1. The van der Waals surface area contributed by atoms with Crippen LogP contribution in [0.5, 0.6) is 5.75 Å². The van der Waals surface area contributed by atoms with Crippen LogP contribution in [0.1, 0.15) is 11.1 Å². The average molecular weight is 179 g/mol. The van der Waals surface area contributed by atoms with E-state index in [9.17, 15) is 4.39 Å². The first-order chi connectivity index (χ1) is 6.20. The van der Waals surface area contributed by atoms with E-state index in [1.807, 2.05) is 6.07 Å². The van der Waals surface area contributed by atoms with Crippen molar-refractivity contribution in [3.05, 3.63) is 29.1 Å². The molecule has 0 bridgehead atoms. The molecule has 0 unspecified atom stereocenters. The van der Waals surface area contributed by atoms with Crippen LogP contribution in [0.4, 0.5) is 4.39 Å². The first-order valence-electron chi connectivity index (χ1n) is 3.89. The van der Waals surface area contributed by atoms with Gasteiger partial charge in [-0.25, -0.2) is 4.39 Å². The molecular formula is C10H10FNO. The highest BCUT2D eigenvalue weighted by Crippen LogP contribution is 2.24. The summed E-state index contributed by atoms with van der Waals surface area (Å²) in [5, 5.41) is 8.53. The van der Waals surface area contributed by atoms with Crippen LogP contribution >= 0.6 is 0 Å². The summed E-state index contributed by atoms with van der Waals surface area (Å²) in [4.78, 5) is 0. The molecule has 0 aliphatic rings. The molecule has 1 aromatic rings. The molecular weight excluding hydrogens is 169 g/mol. The van der Waals surface area contributed by atoms with Crippen molar-refractivity contribution in [1.82, 2.24) is 0 Å². The SMILES string of the molecule is COc1ccc(F)c(C)c1CC#N. The smallest absolute Gasteiger partial charge is 0.126 e. The minimum absolute atomic E-state index is 0.173. The third-order valence-corrected chi connectivity index (χ3v) is 1.97. The lowest BCUT2D eigenvalue weighted by atomic mass is 10.0. The zero-order valence-electron chi connectivity index (χ0n) is 7.60. The second kappa shape index (κ2) is 3.90. The fourth-order valence-electron chi connectivity index (χ4n) is 1.19. The van der Waals surface area contributed by atoms with Crippen molar-refractivity contribution in [3.63, 3.8) is 0 Å². The summed E-state index contributed by atoms with van der Waals surface area (Å²) in [7, 11) is 1.51. The van der Waals surface area contributed by atoms with Crippen LogP contribution in [0.25, 0.3) is 0 Å². The molecule has 0 aliphatic carbocycles. The minimum Gasteiger partial charge on any atom is -0.496 e. The Kier molecular flexibility index (Phi) is 2.86. The highest BCUT2D eigenvalue weighted by atomic mass is 19.1. The first kappa shape index (κ1) is 9.53. The van der Waals surface area contributed by atoms with E-state index in [0.717, 1.165) is 0 Å². The Morgan fingerprint density at radius 3 is 2.77 bits per heavy atom. The van der Waals surface area contributed by atoms with Gasteiger partial charge in [-0.05, 0) is 24.6 Å². The molecule has 0 amide bonds. The summed E-state index contributed by atoms with van der Waals surface area (Å²) >= 11 is 0. The molecule has 0 fully saturated rings. The van der Waals surface area contributed by atoms with Gasteiger partial charge in [-0.3, -0.25) is 0 Å². The van der Waals surface area contributed by atoms with Gasteiger partial charge in [0.25, 0.3) is 0 Å². The lowest BCUT2D eigenvalue weighted by molar-refractivity contribution is 0.409. The normalized spacial score (nSPS) is 9.38. The molecule has 0 radical (unpaired) electrons. The maximum Gasteiger partial charge on any atom is 0.126 e. The van der Waals surface area contributed by atoms with Crippen molar-refractivity contribution in [3.8, 4) is 11.8 Å². The van der Waals surface area contributed by atoms with E-state index in [1.54, 1.807) is 6.92 Å². The largest absolute Gasteiger partial charge is 0.496 e. The maximum absolute atomic E-state index is 13.1. The number of methoxy groups -OCH3 is 1. The predicted octanol–water partition coefficient (Wildman–Crippen LogP) is 2.21. The van der Waals surface area contributed by atoms with Crippen molar-refractivity contribution in [2.75, 3.05) is 7.11 Å². The molecule has 1 aromatic carbocycles. The lowest BCUT2D eigenvalue weighted by Gasteiger charge is -2.08.